The van der Waals surface area contributed by atoms with E-state index in [2.05, 4.69) is 29.7 Å². The number of benzene rings is 1. The van der Waals surface area contributed by atoms with Crippen LogP contribution >= 0.6 is 0 Å². The van der Waals surface area contributed by atoms with Gasteiger partial charge in [-0.05, 0) is 56.7 Å². The van der Waals surface area contributed by atoms with Gasteiger partial charge in [0.15, 0.2) is 0 Å². The summed E-state index contributed by atoms with van der Waals surface area (Å²) in [6.07, 6.45) is 2.26. The fourth-order valence-electron chi connectivity index (χ4n) is 2.02. The zero-order valence-electron chi connectivity index (χ0n) is 11.8. The van der Waals surface area contributed by atoms with Crippen molar-refractivity contribution in [3.8, 4) is 5.75 Å². The molecule has 1 unspecified atom stereocenters. The van der Waals surface area contributed by atoms with E-state index < -0.39 is 0 Å². The number of hydrogen-bond acceptors (Lipinski definition) is 3. The fourth-order valence-corrected chi connectivity index (χ4v) is 2.02. The molecule has 18 heavy (non-hydrogen) atoms. The third-order valence-electron chi connectivity index (χ3n) is 3.23. The van der Waals surface area contributed by atoms with Crippen LogP contribution in [0.15, 0.2) is 24.3 Å². The molecule has 0 saturated carbocycles. The lowest BCUT2D eigenvalue weighted by atomic mass is 10.1. The van der Waals surface area contributed by atoms with Crippen LogP contribution in [0.4, 0.5) is 0 Å². The van der Waals surface area contributed by atoms with E-state index in [0.29, 0.717) is 0 Å². The summed E-state index contributed by atoms with van der Waals surface area (Å²) in [5, 5.41) is 6.76. The van der Waals surface area contributed by atoms with E-state index in [1.54, 1.807) is 7.11 Å². The summed E-state index contributed by atoms with van der Waals surface area (Å²) in [6, 6.07) is 8.28. The molecule has 0 radical (unpaired) electrons. The minimum atomic E-state index is 0.723. The van der Waals surface area contributed by atoms with Crippen molar-refractivity contribution >= 4 is 0 Å². The van der Waals surface area contributed by atoms with E-state index in [1.165, 1.54) is 12.0 Å². The van der Waals surface area contributed by atoms with E-state index in [-0.39, 0.29) is 0 Å². The van der Waals surface area contributed by atoms with Crippen LogP contribution < -0.4 is 15.4 Å². The smallest absolute Gasteiger partial charge is 0.119 e. The number of hydrogen-bond donors (Lipinski definition) is 2. The summed E-state index contributed by atoms with van der Waals surface area (Å²) in [5.74, 6) is 1.66. The van der Waals surface area contributed by atoms with Crippen molar-refractivity contribution in [2.24, 2.45) is 5.92 Å². The zero-order valence-corrected chi connectivity index (χ0v) is 11.8. The van der Waals surface area contributed by atoms with Crippen LogP contribution in [0.3, 0.4) is 0 Å². The molecule has 0 saturated heterocycles. The van der Waals surface area contributed by atoms with E-state index in [4.69, 9.17) is 4.74 Å². The average molecular weight is 250 g/mol. The van der Waals surface area contributed by atoms with Gasteiger partial charge in [0.05, 0.1) is 7.11 Å². The highest BCUT2D eigenvalue weighted by Gasteiger charge is 2.03. The van der Waals surface area contributed by atoms with Crippen LogP contribution in [0.1, 0.15) is 18.9 Å². The fraction of sp³-hybridized carbons (Fsp3) is 0.600. The molecule has 0 aliphatic rings. The zero-order chi connectivity index (χ0) is 13.2. The van der Waals surface area contributed by atoms with Gasteiger partial charge >= 0.3 is 0 Å². The van der Waals surface area contributed by atoms with Crippen molar-refractivity contribution in [2.45, 2.75) is 19.8 Å². The predicted molar refractivity (Wildman–Crippen MR) is 77.3 cm³/mol. The van der Waals surface area contributed by atoms with Crippen LogP contribution in [-0.2, 0) is 6.42 Å². The van der Waals surface area contributed by atoms with Gasteiger partial charge < -0.3 is 15.4 Å². The molecule has 1 atom stereocenters. The second-order valence-corrected chi connectivity index (χ2v) is 4.64. The maximum Gasteiger partial charge on any atom is 0.119 e. The first-order chi connectivity index (χ1) is 8.80. The molecule has 1 aromatic carbocycles. The first kappa shape index (κ1) is 15.0. The minimum absolute atomic E-state index is 0.723. The molecular weight excluding hydrogens is 224 g/mol. The molecule has 0 fully saturated rings. The van der Waals surface area contributed by atoms with E-state index >= 15 is 0 Å². The van der Waals surface area contributed by atoms with Crippen LogP contribution in [0.5, 0.6) is 5.75 Å². The number of rotatable bonds is 9. The van der Waals surface area contributed by atoms with Crippen LogP contribution in [0.25, 0.3) is 0 Å². The van der Waals surface area contributed by atoms with Gasteiger partial charge in [-0.25, -0.2) is 0 Å². The van der Waals surface area contributed by atoms with Crippen molar-refractivity contribution in [3.05, 3.63) is 29.8 Å². The molecular formula is C15H26N2O. The molecule has 2 N–H and O–H groups in total. The summed E-state index contributed by atoms with van der Waals surface area (Å²) < 4.78 is 5.22. The molecule has 1 aromatic rings. The van der Waals surface area contributed by atoms with Crippen molar-refractivity contribution in [3.63, 3.8) is 0 Å². The molecule has 3 nitrogen and oxygen atoms in total. The second kappa shape index (κ2) is 8.95. The predicted octanol–water partition coefficient (Wildman–Crippen LogP) is 2.07. The van der Waals surface area contributed by atoms with Crippen molar-refractivity contribution in [2.75, 3.05) is 33.8 Å². The molecule has 0 heterocycles. The Labute approximate surface area is 111 Å². The summed E-state index contributed by atoms with van der Waals surface area (Å²) in [7, 11) is 3.72. The highest BCUT2D eigenvalue weighted by molar-refractivity contribution is 5.28. The lowest BCUT2D eigenvalue weighted by Crippen LogP contribution is -2.30. The minimum Gasteiger partial charge on any atom is -0.497 e. The summed E-state index contributed by atoms with van der Waals surface area (Å²) in [4.78, 5) is 0. The lowest BCUT2D eigenvalue weighted by Gasteiger charge is -2.15. The molecule has 0 amide bonds. The molecule has 0 bridgehead atoms. The van der Waals surface area contributed by atoms with E-state index in [9.17, 15) is 0 Å². The standard InChI is InChI=1S/C15H26N2O/c1-4-13(11-16-2)12-17-9-8-14-6-5-7-15(10-14)18-3/h5-7,10,13,16-17H,4,8-9,11-12H2,1-3H3. The number of methoxy groups -OCH3 is 1. The molecule has 0 aliphatic heterocycles. The topological polar surface area (TPSA) is 33.3 Å². The Morgan fingerprint density at radius 2 is 2.11 bits per heavy atom. The quantitative estimate of drug-likeness (QED) is 0.658. The summed E-state index contributed by atoms with van der Waals surface area (Å²) in [5.41, 5.74) is 1.32. The van der Waals surface area contributed by atoms with E-state index in [0.717, 1.165) is 37.7 Å². The van der Waals surface area contributed by atoms with Gasteiger partial charge in [0.2, 0.25) is 0 Å². The van der Waals surface area contributed by atoms with Gasteiger partial charge in [-0.15, -0.1) is 0 Å². The number of ether oxygens (including phenoxy) is 1. The Morgan fingerprint density at radius 3 is 2.78 bits per heavy atom. The normalized spacial score (nSPS) is 12.4. The third-order valence-corrected chi connectivity index (χ3v) is 3.23. The summed E-state index contributed by atoms with van der Waals surface area (Å²) >= 11 is 0. The third kappa shape index (κ3) is 5.52. The van der Waals surface area contributed by atoms with Crippen molar-refractivity contribution in [1.82, 2.24) is 10.6 Å². The molecule has 102 valence electrons. The maximum absolute atomic E-state index is 5.22. The highest BCUT2D eigenvalue weighted by Crippen LogP contribution is 2.12. The van der Waals surface area contributed by atoms with E-state index in [1.807, 2.05) is 19.2 Å². The highest BCUT2D eigenvalue weighted by atomic mass is 16.5. The second-order valence-electron chi connectivity index (χ2n) is 4.64. The van der Waals surface area contributed by atoms with Gasteiger partial charge in [-0.1, -0.05) is 25.5 Å². The van der Waals surface area contributed by atoms with Crippen LogP contribution in [-0.4, -0.2) is 33.8 Å². The monoisotopic (exact) mass is 250 g/mol. The Morgan fingerprint density at radius 1 is 1.28 bits per heavy atom. The largest absolute Gasteiger partial charge is 0.497 e. The van der Waals surface area contributed by atoms with Gasteiger partial charge in [0, 0.05) is 0 Å². The molecule has 3 heteroatoms. The average Bonchev–Trinajstić information content (AvgIpc) is 2.42. The SMILES string of the molecule is CCC(CNC)CNCCc1cccc(OC)c1. The van der Waals surface area contributed by atoms with Crippen molar-refractivity contribution in [1.29, 1.82) is 0 Å². The molecule has 0 aromatic heterocycles. The molecule has 0 spiro atoms. The Bertz CT molecular complexity index is 328. The van der Waals surface area contributed by atoms with Gasteiger partial charge in [-0.3, -0.25) is 0 Å². The van der Waals surface area contributed by atoms with Gasteiger partial charge in [-0.2, -0.15) is 0 Å². The molecule has 1 rings (SSSR count). The van der Waals surface area contributed by atoms with Crippen LogP contribution in [0, 0.1) is 5.92 Å². The maximum atomic E-state index is 5.22. The lowest BCUT2D eigenvalue weighted by molar-refractivity contribution is 0.414. The van der Waals surface area contributed by atoms with Gasteiger partial charge in [0.25, 0.3) is 0 Å². The Hall–Kier alpha value is -1.06. The number of nitrogens with one attached hydrogen (secondary N) is 2. The van der Waals surface area contributed by atoms with Crippen LogP contribution in [0.2, 0.25) is 0 Å². The molecule has 0 aliphatic carbocycles. The Kier molecular flexibility index (Phi) is 7.46. The first-order valence-electron chi connectivity index (χ1n) is 6.78. The Balaban J connectivity index is 2.24. The van der Waals surface area contributed by atoms with Crippen molar-refractivity contribution < 1.29 is 4.74 Å². The summed E-state index contributed by atoms with van der Waals surface area (Å²) in [6.45, 7) is 5.43. The van der Waals surface area contributed by atoms with Gasteiger partial charge in [0.1, 0.15) is 5.75 Å². The first-order valence-corrected chi connectivity index (χ1v) is 6.78.